The summed E-state index contributed by atoms with van der Waals surface area (Å²) in [6, 6.07) is 3.24. The molecule has 0 aliphatic rings. The van der Waals surface area contributed by atoms with Crippen LogP contribution < -0.4 is 4.74 Å². The van der Waals surface area contributed by atoms with Crippen LogP contribution in [-0.2, 0) is 0 Å². The van der Waals surface area contributed by atoms with E-state index in [9.17, 15) is 8.78 Å². The molecule has 28 heavy (non-hydrogen) atoms. The Balaban J connectivity index is 1.89. The summed E-state index contributed by atoms with van der Waals surface area (Å²) in [6.45, 7) is 6.65. The third kappa shape index (κ3) is 6.50. The molecule has 0 saturated carbocycles. The van der Waals surface area contributed by atoms with Crippen molar-refractivity contribution in [2.24, 2.45) is 0 Å². The van der Waals surface area contributed by atoms with E-state index in [-0.39, 0.29) is 11.7 Å². The van der Waals surface area contributed by atoms with Gasteiger partial charge in [0.05, 0.1) is 6.61 Å². The topological polar surface area (TPSA) is 35.0 Å². The molecule has 0 saturated heterocycles. The molecule has 2 aromatic rings. The van der Waals surface area contributed by atoms with Crippen molar-refractivity contribution >= 4 is 11.3 Å². The summed E-state index contributed by atoms with van der Waals surface area (Å²) in [4.78, 5) is 0. The van der Waals surface area contributed by atoms with Crippen molar-refractivity contribution in [1.29, 1.82) is 0 Å². The Morgan fingerprint density at radius 2 is 1.82 bits per heavy atom. The van der Waals surface area contributed by atoms with E-state index in [1.807, 2.05) is 6.92 Å². The van der Waals surface area contributed by atoms with Crippen LogP contribution in [0.1, 0.15) is 94.5 Å². The second kappa shape index (κ2) is 12.1. The molecule has 0 aliphatic heterocycles. The fourth-order valence-electron chi connectivity index (χ4n) is 3.39. The Labute approximate surface area is 171 Å². The smallest absolute Gasteiger partial charge is 0.200 e. The molecule has 1 aromatic heterocycles. The zero-order valence-electron chi connectivity index (χ0n) is 17.2. The molecule has 0 amide bonds. The Hall–Kier alpha value is -1.56. The Bertz CT molecular complexity index is 694. The first-order chi connectivity index (χ1) is 13.6. The molecule has 3 nitrogen and oxygen atoms in total. The lowest BCUT2D eigenvalue weighted by molar-refractivity contribution is 0.284. The van der Waals surface area contributed by atoms with Crippen molar-refractivity contribution in [1.82, 2.24) is 10.2 Å². The summed E-state index contributed by atoms with van der Waals surface area (Å²) in [6.07, 6.45) is 8.07. The Morgan fingerprint density at radius 3 is 2.50 bits per heavy atom. The maximum absolute atomic E-state index is 14.6. The maximum atomic E-state index is 14.6. The van der Waals surface area contributed by atoms with E-state index in [1.165, 1.54) is 12.8 Å². The molecule has 1 heterocycles. The average Bonchev–Trinajstić information content (AvgIpc) is 3.22. The molecule has 0 bridgehead atoms. The third-order valence-electron chi connectivity index (χ3n) is 5.28. The lowest BCUT2D eigenvalue weighted by Crippen LogP contribution is -2.06. The number of aromatic nitrogens is 2. The van der Waals surface area contributed by atoms with Crippen LogP contribution in [0.25, 0.3) is 0 Å². The van der Waals surface area contributed by atoms with Gasteiger partial charge in [-0.3, -0.25) is 0 Å². The molecule has 1 aromatic carbocycles. The van der Waals surface area contributed by atoms with Gasteiger partial charge in [-0.15, -0.1) is 21.5 Å². The predicted octanol–water partition coefficient (Wildman–Crippen LogP) is 7.24. The lowest BCUT2D eigenvalue weighted by atomic mass is 9.90. The number of nitrogens with zero attached hydrogens (tertiary/aromatic N) is 2. The summed E-state index contributed by atoms with van der Waals surface area (Å²) in [5.41, 5.74) is 2.15. The van der Waals surface area contributed by atoms with E-state index in [2.05, 4.69) is 24.0 Å². The predicted molar refractivity (Wildman–Crippen MR) is 111 cm³/mol. The second-order valence-electron chi connectivity index (χ2n) is 7.40. The van der Waals surface area contributed by atoms with Gasteiger partial charge >= 0.3 is 0 Å². The largest absolute Gasteiger partial charge is 0.490 e. The van der Waals surface area contributed by atoms with E-state index in [0.717, 1.165) is 43.5 Å². The van der Waals surface area contributed by atoms with Gasteiger partial charge in [-0.2, -0.15) is 4.39 Å². The molecule has 0 fully saturated rings. The highest BCUT2D eigenvalue weighted by Gasteiger charge is 2.21. The highest BCUT2D eigenvalue weighted by molar-refractivity contribution is 7.09. The molecule has 2 unspecified atom stereocenters. The number of rotatable bonds is 13. The molecule has 0 radical (unpaired) electrons. The Morgan fingerprint density at radius 1 is 1.04 bits per heavy atom. The summed E-state index contributed by atoms with van der Waals surface area (Å²) >= 11 is 1.55. The summed E-state index contributed by atoms with van der Waals surface area (Å²) in [5, 5.41) is 9.07. The monoisotopic (exact) mass is 410 g/mol. The maximum Gasteiger partial charge on any atom is 0.200 e. The number of unbranched alkanes of at least 4 members (excludes halogenated alkanes) is 4. The molecular weight excluding hydrogens is 378 g/mol. The highest BCUT2D eigenvalue weighted by Crippen LogP contribution is 2.33. The summed E-state index contributed by atoms with van der Waals surface area (Å²) in [7, 11) is 0. The lowest BCUT2D eigenvalue weighted by Gasteiger charge is -2.18. The van der Waals surface area contributed by atoms with Crippen LogP contribution in [0.4, 0.5) is 8.78 Å². The van der Waals surface area contributed by atoms with Crippen LogP contribution in [0, 0.1) is 11.6 Å². The van der Waals surface area contributed by atoms with E-state index in [4.69, 9.17) is 4.74 Å². The molecule has 6 heteroatoms. The van der Waals surface area contributed by atoms with Crippen LogP contribution in [-0.4, -0.2) is 16.8 Å². The normalized spacial score (nSPS) is 13.5. The number of benzene rings is 1. The highest BCUT2D eigenvalue weighted by atomic mass is 32.1. The van der Waals surface area contributed by atoms with E-state index < -0.39 is 11.6 Å². The van der Waals surface area contributed by atoms with Gasteiger partial charge in [0, 0.05) is 5.92 Å². The van der Waals surface area contributed by atoms with Gasteiger partial charge < -0.3 is 4.74 Å². The van der Waals surface area contributed by atoms with Gasteiger partial charge in [0.2, 0.25) is 5.82 Å². The van der Waals surface area contributed by atoms with Crippen LogP contribution in [0.5, 0.6) is 5.75 Å². The number of hydrogen-bond donors (Lipinski definition) is 0. The molecule has 156 valence electrons. The standard InChI is InChI=1S/C22H32F2N2OS/c1-4-6-7-8-9-14-27-19-13-12-18(20(23)21(19)24)16(3)10-11-17(5-2)22-26-25-15-28-22/h12-13,15-17H,4-11,14H2,1-3H3. The van der Waals surface area contributed by atoms with Gasteiger partial charge in [-0.05, 0) is 43.2 Å². The van der Waals surface area contributed by atoms with Gasteiger partial charge in [0.25, 0.3) is 0 Å². The average molecular weight is 411 g/mol. The zero-order chi connectivity index (χ0) is 20.4. The fraction of sp³-hybridized carbons (Fsp3) is 0.636. The Kier molecular flexibility index (Phi) is 9.82. The minimum absolute atomic E-state index is 0.0178. The van der Waals surface area contributed by atoms with Crippen molar-refractivity contribution < 1.29 is 13.5 Å². The van der Waals surface area contributed by atoms with Crippen LogP contribution in [0.15, 0.2) is 17.6 Å². The molecule has 0 aliphatic carbocycles. The fourth-order valence-corrected chi connectivity index (χ4v) is 4.17. The second-order valence-corrected chi connectivity index (χ2v) is 8.27. The van der Waals surface area contributed by atoms with Crippen molar-refractivity contribution in [2.75, 3.05) is 6.61 Å². The molecule has 2 rings (SSSR count). The van der Waals surface area contributed by atoms with E-state index in [0.29, 0.717) is 18.1 Å². The van der Waals surface area contributed by atoms with E-state index >= 15 is 0 Å². The number of ether oxygens (including phenoxy) is 1. The quantitative estimate of drug-likeness (QED) is 0.326. The SMILES string of the molecule is CCCCCCCOc1ccc(C(C)CCC(CC)c2nncs2)c(F)c1F. The van der Waals surface area contributed by atoms with Crippen molar-refractivity contribution in [3.05, 3.63) is 39.8 Å². The first kappa shape index (κ1) is 22.7. The minimum atomic E-state index is -0.867. The number of hydrogen-bond acceptors (Lipinski definition) is 4. The zero-order valence-corrected chi connectivity index (χ0v) is 18.0. The van der Waals surface area contributed by atoms with Crippen molar-refractivity contribution in [3.8, 4) is 5.75 Å². The molecule has 0 N–H and O–H groups in total. The molecule has 0 spiro atoms. The van der Waals surface area contributed by atoms with Gasteiger partial charge in [0.1, 0.15) is 10.5 Å². The van der Waals surface area contributed by atoms with Crippen molar-refractivity contribution in [2.45, 2.75) is 84.0 Å². The molecular formula is C22H32F2N2OS. The minimum Gasteiger partial charge on any atom is -0.490 e. The van der Waals surface area contributed by atoms with Gasteiger partial charge in [0.15, 0.2) is 11.6 Å². The summed E-state index contributed by atoms with van der Waals surface area (Å²) < 4.78 is 34.5. The van der Waals surface area contributed by atoms with Crippen LogP contribution in [0.2, 0.25) is 0 Å². The first-order valence-corrected chi connectivity index (χ1v) is 11.3. The molecule has 2 atom stereocenters. The van der Waals surface area contributed by atoms with Gasteiger partial charge in [-0.25, -0.2) is 4.39 Å². The third-order valence-corrected chi connectivity index (χ3v) is 6.14. The summed E-state index contributed by atoms with van der Waals surface area (Å²) in [5.74, 6) is -1.38. The number of halogens is 2. The van der Waals surface area contributed by atoms with Gasteiger partial charge in [-0.1, -0.05) is 52.5 Å². The van der Waals surface area contributed by atoms with Crippen molar-refractivity contribution in [3.63, 3.8) is 0 Å². The van der Waals surface area contributed by atoms with Crippen LogP contribution >= 0.6 is 11.3 Å². The van der Waals surface area contributed by atoms with E-state index in [1.54, 1.807) is 29.0 Å². The van der Waals surface area contributed by atoms with Crippen LogP contribution in [0.3, 0.4) is 0 Å². The first-order valence-electron chi connectivity index (χ1n) is 10.4.